The summed E-state index contributed by atoms with van der Waals surface area (Å²) >= 11 is 0. The molecule has 0 bridgehead atoms. The Labute approximate surface area is 68.1 Å². The Morgan fingerprint density at radius 3 is 2.83 bits per heavy atom. The number of nitrogen functional groups attached to an aromatic ring is 1. The molecule has 1 rings (SSSR count). The van der Waals surface area contributed by atoms with Crippen molar-refractivity contribution in [3.63, 3.8) is 0 Å². The zero-order valence-corrected chi connectivity index (χ0v) is 5.98. The molecule has 0 saturated heterocycles. The van der Waals surface area contributed by atoms with Crippen molar-refractivity contribution in [3.05, 3.63) is 23.5 Å². The highest BCUT2D eigenvalue weighted by Crippen LogP contribution is 2.09. The van der Waals surface area contributed by atoms with Crippen molar-refractivity contribution in [1.29, 1.82) is 5.26 Å². The quantitative estimate of drug-likeness (QED) is 0.617. The molecule has 0 amide bonds. The van der Waals surface area contributed by atoms with E-state index in [0.717, 1.165) is 12.3 Å². The Morgan fingerprint density at radius 1 is 1.75 bits per heavy atom. The lowest BCUT2D eigenvalue weighted by Gasteiger charge is -1.96. The van der Waals surface area contributed by atoms with Crippen LogP contribution in [0.4, 0.5) is 5.69 Å². The molecule has 0 aromatic carbocycles. The Morgan fingerprint density at radius 2 is 2.42 bits per heavy atom. The fraction of sp³-hybridized carbons (Fsp3) is 0. The van der Waals surface area contributed by atoms with Gasteiger partial charge in [-0.1, -0.05) is 0 Å². The normalized spacial score (nSPS) is 8.92. The number of nitrogens with zero attached hydrogens (tertiary/aromatic N) is 2. The highest BCUT2D eigenvalue weighted by atomic mass is 16.4. The molecule has 0 fully saturated rings. The lowest BCUT2D eigenvalue weighted by molar-refractivity contribution is 0.0690. The van der Waals surface area contributed by atoms with E-state index in [4.69, 9.17) is 16.1 Å². The van der Waals surface area contributed by atoms with Crippen molar-refractivity contribution in [1.82, 2.24) is 4.98 Å². The van der Waals surface area contributed by atoms with E-state index in [1.165, 1.54) is 0 Å². The van der Waals surface area contributed by atoms with Crippen LogP contribution >= 0.6 is 0 Å². The number of rotatable bonds is 1. The topological polar surface area (TPSA) is 100 Å². The minimum atomic E-state index is -1.16. The van der Waals surface area contributed by atoms with Gasteiger partial charge in [-0.25, -0.2) is 9.78 Å². The highest BCUT2D eigenvalue weighted by molar-refractivity contribution is 5.86. The summed E-state index contributed by atoms with van der Waals surface area (Å²) in [5, 5.41) is 16.9. The molecule has 1 aromatic heterocycles. The number of hydrogen-bond donors (Lipinski definition) is 2. The molecular formula is C7H5N3O2. The van der Waals surface area contributed by atoms with Crippen LogP contribution in [-0.2, 0) is 0 Å². The van der Waals surface area contributed by atoms with Gasteiger partial charge in [0.15, 0.2) is 0 Å². The highest BCUT2D eigenvalue weighted by Gasteiger charge is 2.06. The van der Waals surface area contributed by atoms with Crippen LogP contribution in [0.3, 0.4) is 0 Å². The predicted octanol–water partition coefficient (Wildman–Crippen LogP) is 0.234. The van der Waals surface area contributed by atoms with Crippen molar-refractivity contribution < 1.29 is 9.90 Å². The smallest absolute Gasteiger partial charge is 0.354 e. The summed E-state index contributed by atoms with van der Waals surface area (Å²) in [7, 11) is 0. The zero-order chi connectivity index (χ0) is 9.14. The first kappa shape index (κ1) is 8.01. The summed E-state index contributed by atoms with van der Waals surface area (Å²) in [6, 6.07) is 2.93. The van der Waals surface area contributed by atoms with Gasteiger partial charge < -0.3 is 10.8 Å². The van der Waals surface area contributed by atoms with Crippen molar-refractivity contribution in [2.24, 2.45) is 0 Å². The van der Waals surface area contributed by atoms with Gasteiger partial charge in [0.05, 0.1) is 11.3 Å². The second kappa shape index (κ2) is 2.88. The van der Waals surface area contributed by atoms with Crippen LogP contribution in [0.25, 0.3) is 0 Å². The molecule has 1 heterocycles. The van der Waals surface area contributed by atoms with E-state index in [9.17, 15) is 4.79 Å². The molecule has 3 N–H and O–H groups in total. The van der Waals surface area contributed by atoms with E-state index < -0.39 is 5.97 Å². The number of pyridine rings is 1. The molecule has 0 unspecified atom stereocenters. The molecule has 60 valence electrons. The minimum Gasteiger partial charge on any atom is -0.477 e. The number of carboxylic acids is 1. The van der Waals surface area contributed by atoms with Gasteiger partial charge in [0.1, 0.15) is 11.8 Å². The fourth-order valence-electron chi connectivity index (χ4n) is 0.681. The third kappa shape index (κ3) is 1.32. The Kier molecular flexibility index (Phi) is 1.92. The van der Waals surface area contributed by atoms with Gasteiger partial charge in [0, 0.05) is 6.20 Å². The molecular weight excluding hydrogens is 158 g/mol. The van der Waals surface area contributed by atoms with Crippen LogP contribution in [0.1, 0.15) is 16.1 Å². The SMILES string of the molecule is N#Cc1cnc(C(=O)O)cc1N. The van der Waals surface area contributed by atoms with E-state index in [0.29, 0.717) is 0 Å². The van der Waals surface area contributed by atoms with Gasteiger partial charge in [-0.05, 0) is 6.07 Å². The molecule has 0 aliphatic carbocycles. The van der Waals surface area contributed by atoms with Crippen LogP contribution in [0, 0.1) is 11.3 Å². The Hall–Kier alpha value is -2.09. The number of carboxylic acid groups (broad SMARTS) is 1. The third-order valence-corrected chi connectivity index (χ3v) is 1.28. The van der Waals surface area contributed by atoms with Crippen LogP contribution in [0.15, 0.2) is 12.3 Å². The number of nitrogens with two attached hydrogens (primary N) is 1. The molecule has 0 aliphatic heterocycles. The number of aromatic nitrogens is 1. The second-order valence-electron chi connectivity index (χ2n) is 2.07. The van der Waals surface area contributed by atoms with Crippen molar-refractivity contribution >= 4 is 11.7 Å². The molecule has 0 spiro atoms. The van der Waals surface area contributed by atoms with Gasteiger partial charge in [0.2, 0.25) is 0 Å². The molecule has 0 atom stereocenters. The van der Waals surface area contributed by atoms with E-state index in [1.807, 2.05) is 0 Å². The summed E-state index contributed by atoms with van der Waals surface area (Å²) in [5.74, 6) is -1.16. The minimum absolute atomic E-state index is 0.130. The molecule has 12 heavy (non-hydrogen) atoms. The van der Waals surface area contributed by atoms with E-state index in [2.05, 4.69) is 4.98 Å². The summed E-state index contributed by atoms with van der Waals surface area (Å²) in [6.07, 6.45) is 1.14. The maximum atomic E-state index is 10.4. The van der Waals surface area contributed by atoms with Gasteiger partial charge in [0.25, 0.3) is 0 Å². The van der Waals surface area contributed by atoms with Gasteiger partial charge in [-0.15, -0.1) is 0 Å². The van der Waals surface area contributed by atoms with Crippen molar-refractivity contribution in [3.8, 4) is 6.07 Å². The van der Waals surface area contributed by atoms with Gasteiger partial charge in [-0.3, -0.25) is 0 Å². The van der Waals surface area contributed by atoms with Crippen molar-refractivity contribution in [2.45, 2.75) is 0 Å². The summed E-state index contributed by atoms with van der Waals surface area (Å²) in [5.41, 5.74) is 5.49. The average molecular weight is 163 g/mol. The first-order valence-electron chi connectivity index (χ1n) is 3.04. The predicted molar refractivity (Wildman–Crippen MR) is 40.3 cm³/mol. The standard InChI is InChI=1S/C7H5N3O2/c8-2-4-3-10-6(7(11)12)1-5(4)9/h1,3H,(H2,9,10)(H,11,12). The lowest BCUT2D eigenvalue weighted by atomic mass is 10.2. The number of anilines is 1. The maximum Gasteiger partial charge on any atom is 0.354 e. The monoisotopic (exact) mass is 163 g/mol. The largest absolute Gasteiger partial charge is 0.477 e. The molecule has 1 aromatic rings. The molecule has 0 saturated carbocycles. The summed E-state index contributed by atoms with van der Waals surface area (Å²) < 4.78 is 0. The number of carbonyl (C=O) groups is 1. The van der Waals surface area contributed by atoms with Crippen LogP contribution in [-0.4, -0.2) is 16.1 Å². The molecule has 5 heteroatoms. The lowest BCUT2D eigenvalue weighted by Crippen LogP contribution is -2.02. The van der Waals surface area contributed by atoms with E-state index >= 15 is 0 Å². The van der Waals surface area contributed by atoms with Crippen LogP contribution in [0.2, 0.25) is 0 Å². The summed E-state index contributed by atoms with van der Waals surface area (Å²) in [6.45, 7) is 0. The molecule has 5 nitrogen and oxygen atoms in total. The van der Waals surface area contributed by atoms with E-state index in [-0.39, 0.29) is 16.9 Å². The second-order valence-corrected chi connectivity index (χ2v) is 2.07. The zero-order valence-electron chi connectivity index (χ0n) is 5.98. The van der Waals surface area contributed by atoms with Crippen LogP contribution < -0.4 is 5.73 Å². The van der Waals surface area contributed by atoms with Crippen LogP contribution in [0.5, 0.6) is 0 Å². The Bertz CT molecular complexity index is 367. The third-order valence-electron chi connectivity index (χ3n) is 1.28. The fourth-order valence-corrected chi connectivity index (χ4v) is 0.681. The number of hydrogen-bond acceptors (Lipinski definition) is 4. The Balaban J connectivity index is 3.21. The first-order valence-corrected chi connectivity index (χ1v) is 3.04. The van der Waals surface area contributed by atoms with Crippen molar-refractivity contribution in [2.75, 3.05) is 5.73 Å². The first-order chi connectivity index (χ1) is 5.65. The molecule has 0 aliphatic rings. The van der Waals surface area contributed by atoms with E-state index in [1.54, 1.807) is 6.07 Å². The number of aromatic carboxylic acids is 1. The number of nitriles is 1. The van der Waals surface area contributed by atoms with Gasteiger partial charge >= 0.3 is 5.97 Å². The van der Waals surface area contributed by atoms with Gasteiger partial charge in [-0.2, -0.15) is 5.26 Å². The summed E-state index contributed by atoms with van der Waals surface area (Å²) in [4.78, 5) is 13.9. The maximum absolute atomic E-state index is 10.4. The average Bonchev–Trinajstić information content (AvgIpc) is 2.04. The molecule has 0 radical (unpaired) electrons.